The average molecular weight is 444 g/mol. The molecular formula is C26H25N3O4. The van der Waals surface area contributed by atoms with Gasteiger partial charge in [-0.05, 0) is 43.7 Å². The van der Waals surface area contributed by atoms with E-state index < -0.39 is 0 Å². The van der Waals surface area contributed by atoms with Crippen molar-refractivity contribution in [1.29, 1.82) is 0 Å². The summed E-state index contributed by atoms with van der Waals surface area (Å²) in [4.78, 5) is 17.0. The molecule has 0 saturated heterocycles. The summed E-state index contributed by atoms with van der Waals surface area (Å²) in [6, 6.07) is 18.3. The molecule has 0 atom stereocenters. The van der Waals surface area contributed by atoms with E-state index in [9.17, 15) is 4.79 Å². The van der Waals surface area contributed by atoms with Gasteiger partial charge in [0.2, 0.25) is 5.89 Å². The highest BCUT2D eigenvalue weighted by atomic mass is 16.5. The summed E-state index contributed by atoms with van der Waals surface area (Å²) >= 11 is 0. The lowest BCUT2D eigenvalue weighted by molar-refractivity contribution is 0.262. The van der Waals surface area contributed by atoms with E-state index in [-0.39, 0.29) is 6.03 Å². The maximum atomic E-state index is 12.4. The Balaban J connectivity index is 1.44. The van der Waals surface area contributed by atoms with Crippen molar-refractivity contribution in [1.82, 2.24) is 4.98 Å². The second kappa shape index (κ2) is 9.48. The molecule has 7 nitrogen and oxygen atoms in total. The van der Waals surface area contributed by atoms with Gasteiger partial charge >= 0.3 is 6.03 Å². The molecule has 4 rings (SSSR count). The molecule has 2 amide bonds. The number of amides is 2. The van der Waals surface area contributed by atoms with E-state index in [4.69, 9.17) is 13.9 Å². The van der Waals surface area contributed by atoms with Crippen LogP contribution in [-0.4, -0.2) is 25.2 Å². The van der Waals surface area contributed by atoms with Crippen LogP contribution in [0.2, 0.25) is 0 Å². The molecule has 0 fully saturated rings. The zero-order valence-corrected chi connectivity index (χ0v) is 18.9. The number of benzene rings is 3. The number of oxazole rings is 1. The quantitative estimate of drug-likeness (QED) is 0.366. The Morgan fingerprint density at radius 2 is 1.52 bits per heavy atom. The lowest BCUT2D eigenvalue weighted by atomic mass is 10.0. The number of nitrogens with zero attached hydrogens (tertiary/aromatic N) is 1. The van der Waals surface area contributed by atoms with Gasteiger partial charge < -0.3 is 24.5 Å². The third-order valence-corrected chi connectivity index (χ3v) is 5.16. The van der Waals surface area contributed by atoms with Crippen molar-refractivity contribution in [3.05, 3.63) is 78.1 Å². The topological polar surface area (TPSA) is 85.6 Å². The van der Waals surface area contributed by atoms with E-state index in [1.807, 2.05) is 12.1 Å². The molecule has 0 spiro atoms. The number of rotatable bonds is 6. The molecule has 2 N–H and O–H groups in total. The molecule has 0 aliphatic heterocycles. The molecule has 0 aliphatic carbocycles. The summed E-state index contributed by atoms with van der Waals surface area (Å²) < 4.78 is 16.2. The Kier molecular flexibility index (Phi) is 6.31. The zero-order valence-electron chi connectivity index (χ0n) is 18.9. The van der Waals surface area contributed by atoms with Crippen molar-refractivity contribution < 1.29 is 18.7 Å². The highest BCUT2D eigenvalue weighted by Crippen LogP contribution is 2.29. The summed E-state index contributed by atoms with van der Waals surface area (Å²) in [5.74, 6) is 1.68. The summed E-state index contributed by atoms with van der Waals surface area (Å²) in [5, 5.41) is 5.58. The Labute approximate surface area is 192 Å². The van der Waals surface area contributed by atoms with Gasteiger partial charge in [-0.2, -0.15) is 0 Å². The third kappa shape index (κ3) is 5.15. The van der Waals surface area contributed by atoms with Crippen LogP contribution >= 0.6 is 0 Å². The number of hydrogen-bond acceptors (Lipinski definition) is 5. The largest absolute Gasteiger partial charge is 0.497 e. The fraction of sp³-hybridized carbons (Fsp3) is 0.154. The van der Waals surface area contributed by atoms with Gasteiger partial charge in [0.15, 0.2) is 0 Å². The van der Waals surface area contributed by atoms with E-state index >= 15 is 0 Å². The van der Waals surface area contributed by atoms with Crippen LogP contribution in [0.3, 0.4) is 0 Å². The third-order valence-electron chi connectivity index (χ3n) is 5.16. The highest BCUT2D eigenvalue weighted by molar-refractivity contribution is 6.00. The van der Waals surface area contributed by atoms with Crippen LogP contribution in [0, 0.1) is 13.8 Å². The fourth-order valence-corrected chi connectivity index (χ4v) is 3.50. The summed E-state index contributed by atoms with van der Waals surface area (Å²) in [7, 11) is 3.11. The van der Waals surface area contributed by atoms with E-state index in [0.29, 0.717) is 28.8 Å². The van der Waals surface area contributed by atoms with Gasteiger partial charge in [0, 0.05) is 40.7 Å². The lowest BCUT2D eigenvalue weighted by Gasteiger charge is -2.11. The Hall–Kier alpha value is -4.26. The number of carbonyl (C=O) groups excluding carboxylic acids is 1. The number of hydrogen-bond donors (Lipinski definition) is 2. The van der Waals surface area contributed by atoms with Crippen molar-refractivity contribution in [2.75, 3.05) is 24.9 Å². The Morgan fingerprint density at radius 1 is 0.848 bits per heavy atom. The number of ether oxygens (including phenoxy) is 2. The van der Waals surface area contributed by atoms with Crippen molar-refractivity contribution in [2.45, 2.75) is 13.8 Å². The number of carbonyl (C=O) groups is 1. The minimum atomic E-state index is -0.383. The van der Waals surface area contributed by atoms with E-state index in [1.54, 1.807) is 50.8 Å². The van der Waals surface area contributed by atoms with Crippen LogP contribution < -0.4 is 20.1 Å². The standard InChI is InChI=1S/C26H25N3O4/c1-16-5-10-23(17(2)11-16)24-15-33-25(29-24)18-6-8-19(9-7-18)27-26(30)28-20-12-21(31-3)14-22(13-20)32-4/h5-15H,1-4H3,(H2,27,28,30). The van der Waals surface area contributed by atoms with Gasteiger partial charge in [-0.1, -0.05) is 23.8 Å². The Morgan fingerprint density at radius 3 is 2.15 bits per heavy atom. The van der Waals surface area contributed by atoms with Crippen molar-refractivity contribution in [3.63, 3.8) is 0 Å². The van der Waals surface area contributed by atoms with Gasteiger partial charge in [-0.25, -0.2) is 9.78 Å². The first-order chi connectivity index (χ1) is 15.9. The fourth-order valence-electron chi connectivity index (χ4n) is 3.50. The first-order valence-electron chi connectivity index (χ1n) is 10.4. The summed E-state index contributed by atoms with van der Waals surface area (Å²) in [5.41, 5.74) is 6.19. The molecule has 4 aromatic rings. The first-order valence-corrected chi connectivity index (χ1v) is 10.4. The number of nitrogens with one attached hydrogen (secondary N) is 2. The molecule has 0 saturated carbocycles. The molecule has 0 unspecified atom stereocenters. The minimum absolute atomic E-state index is 0.383. The van der Waals surface area contributed by atoms with E-state index in [1.165, 1.54) is 5.56 Å². The first kappa shape index (κ1) is 22.0. The van der Waals surface area contributed by atoms with Crippen molar-refractivity contribution in [2.24, 2.45) is 0 Å². The molecule has 3 aromatic carbocycles. The second-order valence-electron chi connectivity index (χ2n) is 7.61. The van der Waals surface area contributed by atoms with Crippen LogP contribution in [0.15, 0.2) is 71.3 Å². The number of aromatic nitrogens is 1. The highest BCUT2D eigenvalue weighted by Gasteiger charge is 2.11. The molecule has 1 aromatic heterocycles. The molecule has 0 aliphatic rings. The second-order valence-corrected chi connectivity index (χ2v) is 7.61. The molecule has 0 radical (unpaired) electrons. The normalized spacial score (nSPS) is 10.5. The Bertz CT molecular complexity index is 1260. The number of methoxy groups -OCH3 is 2. The predicted molar refractivity (Wildman–Crippen MR) is 129 cm³/mol. The maximum Gasteiger partial charge on any atom is 0.323 e. The number of urea groups is 1. The molecule has 1 heterocycles. The zero-order chi connectivity index (χ0) is 23.4. The predicted octanol–water partition coefficient (Wildman–Crippen LogP) is 6.29. The number of aryl methyl sites for hydroxylation is 2. The van der Waals surface area contributed by atoms with E-state index in [0.717, 1.165) is 22.4 Å². The summed E-state index contributed by atoms with van der Waals surface area (Å²) in [6.07, 6.45) is 1.66. The van der Waals surface area contributed by atoms with Gasteiger partial charge in [-0.15, -0.1) is 0 Å². The van der Waals surface area contributed by atoms with Gasteiger partial charge in [0.05, 0.1) is 14.2 Å². The number of anilines is 2. The van der Waals surface area contributed by atoms with Crippen LogP contribution in [0.4, 0.5) is 16.2 Å². The molecule has 7 heteroatoms. The average Bonchev–Trinajstić information content (AvgIpc) is 3.29. The molecule has 0 bridgehead atoms. The van der Waals surface area contributed by atoms with Crippen molar-refractivity contribution >= 4 is 17.4 Å². The van der Waals surface area contributed by atoms with Gasteiger partial charge in [0.25, 0.3) is 0 Å². The lowest BCUT2D eigenvalue weighted by Crippen LogP contribution is -2.19. The SMILES string of the molecule is COc1cc(NC(=O)Nc2ccc(-c3nc(-c4ccc(C)cc4C)co3)cc2)cc(OC)c1. The van der Waals surface area contributed by atoms with Crippen LogP contribution in [0.5, 0.6) is 11.5 Å². The molecule has 33 heavy (non-hydrogen) atoms. The van der Waals surface area contributed by atoms with Crippen LogP contribution in [0.25, 0.3) is 22.7 Å². The molecule has 168 valence electrons. The van der Waals surface area contributed by atoms with Crippen LogP contribution in [0.1, 0.15) is 11.1 Å². The minimum Gasteiger partial charge on any atom is -0.497 e. The summed E-state index contributed by atoms with van der Waals surface area (Å²) in [6.45, 7) is 4.12. The monoisotopic (exact) mass is 443 g/mol. The smallest absolute Gasteiger partial charge is 0.323 e. The maximum absolute atomic E-state index is 12.4. The van der Waals surface area contributed by atoms with Gasteiger partial charge in [0.1, 0.15) is 23.5 Å². The van der Waals surface area contributed by atoms with E-state index in [2.05, 4.69) is 47.7 Å². The van der Waals surface area contributed by atoms with Crippen LogP contribution in [-0.2, 0) is 0 Å². The molecular weight excluding hydrogens is 418 g/mol. The van der Waals surface area contributed by atoms with Gasteiger partial charge in [-0.3, -0.25) is 0 Å². The van der Waals surface area contributed by atoms with Crippen molar-refractivity contribution in [3.8, 4) is 34.2 Å².